The normalized spacial score (nSPS) is 20.1. The third-order valence-electron chi connectivity index (χ3n) is 3.86. The molecule has 1 fully saturated rings. The van der Waals surface area contributed by atoms with Crippen LogP contribution < -0.4 is 5.32 Å². The van der Waals surface area contributed by atoms with Crippen molar-refractivity contribution in [3.8, 4) is 0 Å². The maximum absolute atomic E-state index is 12.3. The van der Waals surface area contributed by atoms with Crippen LogP contribution in [0.4, 0.5) is 5.69 Å². The summed E-state index contributed by atoms with van der Waals surface area (Å²) >= 11 is 0. The van der Waals surface area contributed by atoms with Gasteiger partial charge in [0.15, 0.2) is 0 Å². The molecule has 1 saturated heterocycles. The second kappa shape index (κ2) is 6.76. The van der Waals surface area contributed by atoms with Crippen LogP contribution in [0.3, 0.4) is 0 Å². The van der Waals surface area contributed by atoms with Crippen molar-refractivity contribution in [2.75, 3.05) is 32.5 Å². The molecule has 22 heavy (non-hydrogen) atoms. The maximum Gasteiger partial charge on any atom is 0.281 e. The number of hydrogen-bond donors (Lipinski definition) is 1. The number of benzene rings is 1. The van der Waals surface area contributed by atoms with Gasteiger partial charge in [-0.05, 0) is 31.9 Å². The van der Waals surface area contributed by atoms with Gasteiger partial charge in [-0.3, -0.25) is 4.79 Å². The number of aryl methyl sites for hydroxylation is 1. The van der Waals surface area contributed by atoms with Gasteiger partial charge >= 0.3 is 0 Å². The smallest absolute Gasteiger partial charge is 0.281 e. The van der Waals surface area contributed by atoms with Gasteiger partial charge in [-0.25, -0.2) is 0 Å². The number of amides is 1. The molecular weight excluding hydrogens is 302 g/mol. The van der Waals surface area contributed by atoms with Crippen molar-refractivity contribution in [1.29, 1.82) is 0 Å². The first-order valence-electron chi connectivity index (χ1n) is 7.36. The first-order valence-corrected chi connectivity index (χ1v) is 8.75. The van der Waals surface area contributed by atoms with Crippen molar-refractivity contribution in [1.82, 2.24) is 8.61 Å². The number of carbonyl (C=O) groups excluding carboxylic acids is 1. The average Bonchev–Trinajstić information content (AvgIpc) is 2.49. The van der Waals surface area contributed by atoms with Crippen LogP contribution in [-0.2, 0) is 15.0 Å². The Morgan fingerprint density at radius 1 is 1.27 bits per heavy atom. The number of piperidine rings is 1. The molecule has 0 unspecified atom stereocenters. The van der Waals surface area contributed by atoms with E-state index in [1.807, 2.05) is 31.2 Å². The first-order chi connectivity index (χ1) is 10.3. The lowest BCUT2D eigenvalue weighted by molar-refractivity contribution is -0.120. The molecular formula is C15H23N3O3S. The predicted octanol–water partition coefficient (Wildman–Crippen LogP) is 1.45. The standard InChI is InChI=1S/C15H23N3O3S/c1-12-6-8-14(9-7-12)16-15(19)13-5-4-10-18(11-13)22(20,21)17(2)3/h6-9,13H,4-5,10-11H2,1-3H3,(H,16,19)/t13-/m1/s1. The van der Waals surface area contributed by atoms with E-state index in [1.165, 1.54) is 22.7 Å². The lowest BCUT2D eigenvalue weighted by Crippen LogP contribution is -2.47. The van der Waals surface area contributed by atoms with Crippen molar-refractivity contribution in [2.45, 2.75) is 19.8 Å². The van der Waals surface area contributed by atoms with E-state index in [-0.39, 0.29) is 18.4 Å². The molecule has 2 rings (SSSR count). The molecule has 0 spiro atoms. The molecule has 0 saturated carbocycles. The molecule has 1 atom stereocenters. The third-order valence-corrected chi connectivity index (χ3v) is 5.77. The second-order valence-corrected chi connectivity index (χ2v) is 7.98. The SMILES string of the molecule is Cc1ccc(NC(=O)[C@@H]2CCCN(S(=O)(=O)N(C)C)C2)cc1. The molecule has 1 aliphatic heterocycles. The Labute approximate surface area is 132 Å². The van der Waals surface area contributed by atoms with Crippen LogP contribution in [0.15, 0.2) is 24.3 Å². The fraction of sp³-hybridized carbons (Fsp3) is 0.533. The molecule has 1 N–H and O–H groups in total. The topological polar surface area (TPSA) is 69.7 Å². The van der Waals surface area contributed by atoms with E-state index in [1.54, 1.807) is 0 Å². The zero-order chi connectivity index (χ0) is 16.3. The first kappa shape index (κ1) is 16.9. The molecule has 0 bridgehead atoms. The molecule has 7 heteroatoms. The summed E-state index contributed by atoms with van der Waals surface area (Å²) in [5, 5.41) is 2.87. The highest BCUT2D eigenvalue weighted by Gasteiger charge is 2.33. The molecule has 0 radical (unpaired) electrons. The minimum Gasteiger partial charge on any atom is -0.326 e. The van der Waals surface area contributed by atoms with Gasteiger partial charge in [-0.15, -0.1) is 0 Å². The third kappa shape index (κ3) is 3.85. The molecule has 122 valence electrons. The molecule has 0 aromatic heterocycles. The van der Waals surface area contributed by atoms with E-state index < -0.39 is 10.2 Å². The van der Waals surface area contributed by atoms with E-state index in [4.69, 9.17) is 0 Å². The van der Waals surface area contributed by atoms with Gasteiger partial charge in [0.25, 0.3) is 10.2 Å². The van der Waals surface area contributed by atoms with Crippen molar-refractivity contribution in [3.63, 3.8) is 0 Å². The summed E-state index contributed by atoms with van der Waals surface area (Å²) in [5.74, 6) is -0.438. The Kier molecular flexibility index (Phi) is 5.20. The Morgan fingerprint density at radius 3 is 2.50 bits per heavy atom. The Bertz CT molecular complexity index is 626. The summed E-state index contributed by atoms with van der Waals surface area (Å²) in [6.45, 7) is 2.68. The minimum atomic E-state index is -3.46. The highest BCUT2D eigenvalue weighted by Crippen LogP contribution is 2.22. The summed E-state index contributed by atoms with van der Waals surface area (Å²) in [7, 11) is -0.448. The number of anilines is 1. The molecule has 1 aromatic carbocycles. The number of nitrogens with one attached hydrogen (secondary N) is 1. The fourth-order valence-electron chi connectivity index (χ4n) is 2.48. The van der Waals surface area contributed by atoms with E-state index in [2.05, 4.69) is 5.32 Å². The van der Waals surface area contributed by atoms with Crippen LogP contribution in [-0.4, -0.2) is 50.1 Å². The van der Waals surface area contributed by atoms with Gasteiger partial charge in [-0.1, -0.05) is 17.7 Å². The van der Waals surface area contributed by atoms with E-state index in [9.17, 15) is 13.2 Å². The van der Waals surface area contributed by atoms with Gasteiger partial charge in [-0.2, -0.15) is 17.0 Å². The second-order valence-electron chi connectivity index (χ2n) is 5.84. The Morgan fingerprint density at radius 2 is 1.91 bits per heavy atom. The Balaban J connectivity index is 2.03. The number of nitrogens with zero attached hydrogens (tertiary/aromatic N) is 2. The van der Waals surface area contributed by atoms with E-state index in [0.29, 0.717) is 19.4 Å². The van der Waals surface area contributed by atoms with Gasteiger partial charge < -0.3 is 5.32 Å². The van der Waals surface area contributed by atoms with Crippen LogP contribution in [0, 0.1) is 12.8 Å². The molecule has 0 aliphatic carbocycles. The monoisotopic (exact) mass is 325 g/mol. The van der Waals surface area contributed by atoms with Crippen LogP contribution in [0.25, 0.3) is 0 Å². The predicted molar refractivity (Wildman–Crippen MR) is 86.7 cm³/mol. The quantitative estimate of drug-likeness (QED) is 0.911. The van der Waals surface area contributed by atoms with Crippen molar-refractivity contribution in [3.05, 3.63) is 29.8 Å². The zero-order valence-corrected chi connectivity index (χ0v) is 14.1. The van der Waals surface area contributed by atoms with Crippen molar-refractivity contribution in [2.24, 2.45) is 5.92 Å². The molecule has 1 heterocycles. The summed E-state index contributed by atoms with van der Waals surface area (Å²) < 4.78 is 26.9. The largest absolute Gasteiger partial charge is 0.326 e. The summed E-state index contributed by atoms with van der Waals surface area (Å²) in [5.41, 5.74) is 1.86. The lowest BCUT2D eigenvalue weighted by Gasteiger charge is -2.32. The molecule has 1 aromatic rings. The Hall–Kier alpha value is -1.44. The minimum absolute atomic E-state index is 0.123. The zero-order valence-electron chi connectivity index (χ0n) is 13.2. The van der Waals surface area contributed by atoms with Gasteiger partial charge in [0, 0.05) is 32.9 Å². The fourth-order valence-corrected chi connectivity index (χ4v) is 3.67. The maximum atomic E-state index is 12.3. The molecule has 1 amide bonds. The van der Waals surface area contributed by atoms with Crippen molar-refractivity contribution < 1.29 is 13.2 Å². The van der Waals surface area contributed by atoms with Gasteiger partial charge in [0.2, 0.25) is 5.91 Å². The van der Waals surface area contributed by atoms with E-state index in [0.717, 1.165) is 11.3 Å². The van der Waals surface area contributed by atoms with Crippen LogP contribution >= 0.6 is 0 Å². The molecule has 6 nitrogen and oxygen atoms in total. The van der Waals surface area contributed by atoms with Gasteiger partial charge in [0.05, 0.1) is 5.92 Å². The average molecular weight is 325 g/mol. The van der Waals surface area contributed by atoms with Crippen molar-refractivity contribution >= 4 is 21.8 Å². The highest BCUT2D eigenvalue weighted by atomic mass is 32.2. The number of hydrogen-bond acceptors (Lipinski definition) is 3. The van der Waals surface area contributed by atoms with E-state index >= 15 is 0 Å². The lowest BCUT2D eigenvalue weighted by atomic mass is 9.98. The van der Waals surface area contributed by atoms with Gasteiger partial charge in [0.1, 0.15) is 0 Å². The van der Waals surface area contributed by atoms with Crippen LogP contribution in [0.5, 0.6) is 0 Å². The summed E-state index contributed by atoms with van der Waals surface area (Å²) in [6.07, 6.45) is 1.40. The summed E-state index contributed by atoms with van der Waals surface area (Å²) in [6, 6.07) is 7.56. The van der Waals surface area contributed by atoms with Crippen LogP contribution in [0.2, 0.25) is 0 Å². The summed E-state index contributed by atoms with van der Waals surface area (Å²) in [4.78, 5) is 12.3. The molecule has 1 aliphatic rings. The highest BCUT2D eigenvalue weighted by molar-refractivity contribution is 7.86. The number of carbonyl (C=O) groups is 1. The number of rotatable bonds is 4. The van der Waals surface area contributed by atoms with Crippen LogP contribution in [0.1, 0.15) is 18.4 Å².